The summed E-state index contributed by atoms with van der Waals surface area (Å²) in [7, 11) is -2.81. The van der Waals surface area contributed by atoms with Crippen LogP contribution in [0.25, 0.3) is 0 Å². The van der Waals surface area contributed by atoms with E-state index in [1.165, 1.54) is 0 Å². The maximum Gasteiger partial charge on any atom is 0.152 e. The number of sulfone groups is 1. The predicted molar refractivity (Wildman–Crippen MR) is 65.0 cm³/mol. The van der Waals surface area contributed by atoms with Gasteiger partial charge in [0.05, 0.1) is 11.5 Å². The molecule has 0 amide bonds. The maximum atomic E-state index is 11.5. The second-order valence-corrected chi connectivity index (χ2v) is 7.85. The summed E-state index contributed by atoms with van der Waals surface area (Å²) >= 11 is 0. The van der Waals surface area contributed by atoms with Gasteiger partial charge in [-0.05, 0) is 32.6 Å². The van der Waals surface area contributed by atoms with Crippen molar-refractivity contribution in [2.75, 3.05) is 11.5 Å². The molecule has 3 unspecified atom stereocenters. The topological polar surface area (TPSA) is 72.2 Å². The molecule has 1 saturated heterocycles. The molecule has 1 heterocycles. The van der Waals surface area contributed by atoms with Gasteiger partial charge in [-0.15, -0.1) is 0 Å². The summed E-state index contributed by atoms with van der Waals surface area (Å²) in [5.41, 5.74) is 5.72. The molecule has 0 aromatic rings. The van der Waals surface area contributed by atoms with Gasteiger partial charge in [-0.1, -0.05) is 6.42 Å². The van der Waals surface area contributed by atoms with Gasteiger partial charge in [-0.25, -0.2) is 8.42 Å². The quantitative estimate of drug-likeness (QED) is 0.741. The standard InChI is InChI=1S/C11H22N2O2S/c1-11(5-6-16(14,15)8-11)13-10-4-2-3-9(12)7-10/h9-10,13H,2-8,12H2,1H3. The molecule has 0 radical (unpaired) electrons. The fourth-order valence-electron chi connectivity index (χ4n) is 2.98. The highest BCUT2D eigenvalue weighted by Gasteiger charge is 2.39. The summed E-state index contributed by atoms with van der Waals surface area (Å²) in [4.78, 5) is 0. The third kappa shape index (κ3) is 2.96. The van der Waals surface area contributed by atoms with Gasteiger partial charge in [-0.2, -0.15) is 0 Å². The number of rotatable bonds is 2. The van der Waals surface area contributed by atoms with Crippen LogP contribution in [0.15, 0.2) is 0 Å². The zero-order valence-electron chi connectivity index (χ0n) is 9.91. The van der Waals surface area contributed by atoms with Gasteiger partial charge in [0.2, 0.25) is 0 Å². The molecular weight excluding hydrogens is 224 g/mol. The summed E-state index contributed by atoms with van der Waals surface area (Å²) in [6, 6.07) is 0.690. The fraction of sp³-hybridized carbons (Fsp3) is 1.00. The summed E-state index contributed by atoms with van der Waals surface area (Å²) in [5, 5.41) is 3.52. The second-order valence-electron chi connectivity index (χ2n) is 5.67. The van der Waals surface area contributed by atoms with E-state index < -0.39 is 9.84 Å². The molecule has 4 nitrogen and oxygen atoms in total. The van der Waals surface area contributed by atoms with Gasteiger partial charge >= 0.3 is 0 Å². The molecular formula is C11H22N2O2S. The Hall–Kier alpha value is -0.130. The third-order valence-corrected chi connectivity index (χ3v) is 5.67. The monoisotopic (exact) mass is 246 g/mol. The van der Waals surface area contributed by atoms with Crippen molar-refractivity contribution >= 4 is 9.84 Å². The minimum atomic E-state index is -2.81. The Balaban J connectivity index is 1.94. The Morgan fingerprint density at radius 1 is 1.38 bits per heavy atom. The highest BCUT2D eigenvalue weighted by molar-refractivity contribution is 7.91. The average Bonchev–Trinajstić information content (AvgIpc) is 2.40. The van der Waals surface area contributed by atoms with E-state index in [4.69, 9.17) is 5.73 Å². The molecule has 0 bridgehead atoms. The van der Waals surface area contributed by atoms with Gasteiger partial charge in [-0.3, -0.25) is 0 Å². The van der Waals surface area contributed by atoms with Gasteiger partial charge < -0.3 is 11.1 Å². The Kier molecular flexibility index (Phi) is 3.29. The Bertz CT molecular complexity index is 355. The van der Waals surface area contributed by atoms with E-state index in [0.29, 0.717) is 11.8 Å². The first kappa shape index (κ1) is 12.3. The molecule has 2 aliphatic rings. The molecule has 1 saturated carbocycles. The normalized spacial score (nSPS) is 43.4. The Morgan fingerprint density at radius 2 is 2.12 bits per heavy atom. The third-order valence-electron chi connectivity index (χ3n) is 3.77. The van der Waals surface area contributed by atoms with Crippen LogP contribution in [0.1, 0.15) is 39.0 Å². The van der Waals surface area contributed by atoms with Crippen molar-refractivity contribution in [2.24, 2.45) is 5.73 Å². The molecule has 1 aliphatic carbocycles. The molecule has 2 rings (SSSR count). The van der Waals surface area contributed by atoms with E-state index in [0.717, 1.165) is 32.1 Å². The summed E-state index contributed by atoms with van der Waals surface area (Å²) in [6.07, 6.45) is 5.11. The Morgan fingerprint density at radius 3 is 2.69 bits per heavy atom. The van der Waals surface area contributed by atoms with Crippen LogP contribution in [0.5, 0.6) is 0 Å². The molecule has 94 valence electrons. The average molecular weight is 246 g/mol. The van der Waals surface area contributed by atoms with Crippen molar-refractivity contribution in [2.45, 2.75) is 56.7 Å². The van der Waals surface area contributed by atoms with Crippen molar-refractivity contribution in [1.29, 1.82) is 0 Å². The van der Waals surface area contributed by atoms with Crippen molar-refractivity contribution in [3.05, 3.63) is 0 Å². The van der Waals surface area contributed by atoms with E-state index >= 15 is 0 Å². The van der Waals surface area contributed by atoms with E-state index in [2.05, 4.69) is 5.32 Å². The lowest BCUT2D eigenvalue weighted by Crippen LogP contribution is -2.51. The lowest BCUT2D eigenvalue weighted by atomic mass is 9.89. The molecule has 5 heteroatoms. The van der Waals surface area contributed by atoms with Crippen LogP contribution in [0.3, 0.4) is 0 Å². The lowest BCUT2D eigenvalue weighted by molar-refractivity contribution is 0.268. The van der Waals surface area contributed by atoms with Crippen LogP contribution in [0.4, 0.5) is 0 Å². The zero-order chi connectivity index (χ0) is 11.8. The van der Waals surface area contributed by atoms with Gasteiger partial charge in [0.25, 0.3) is 0 Å². The number of nitrogens with one attached hydrogen (secondary N) is 1. The summed E-state index contributed by atoms with van der Waals surface area (Å²) in [6.45, 7) is 2.03. The highest BCUT2D eigenvalue weighted by atomic mass is 32.2. The highest BCUT2D eigenvalue weighted by Crippen LogP contribution is 2.26. The fourth-order valence-corrected chi connectivity index (χ4v) is 5.08. The molecule has 3 atom stereocenters. The SMILES string of the molecule is CC1(NC2CCCC(N)C2)CCS(=O)(=O)C1. The van der Waals surface area contributed by atoms with Crippen LogP contribution in [-0.2, 0) is 9.84 Å². The zero-order valence-corrected chi connectivity index (χ0v) is 10.7. The van der Waals surface area contributed by atoms with Crippen LogP contribution >= 0.6 is 0 Å². The Labute approximate surface area is 97.9 Å². The number of nitrogens with two attached hydrogens (primary N) is 1. The van der Waals surface area contributed by atoms with E-state index in [1.807, 2.05) is 6.92 Å². The number of hydrogen-bond acceptors (Lipinski definition) is 4. The smallest absolute Gasteiger partial charge is 0.152 e. The largest absolute Gasteiger partial charge is 0.328 e. The second kappa shape index (κ2) is 4.27. The van der Waals surface area contributed by atoms with Gasteiger partial charge in [0, 0.05) is 17.6 Å². The van der Waals surface area contributed by atoms with Gasteiger partial charge in [0.1, 0.15) is 0 Å². The molecule has 0 aromatic carbocycles. The summed E-state index contributed by atoms with van der Waals surface area (Å²) in [5.74, 6) is 0.612. The van der Waals surface area contributed by atoms with Crippen molar-refractivity contribution in [3.8, 4) is 0 Å². The first-order valence-electron chi connectivity index (χ1n) is 6.12. The van der Waals surface area contributed by atoms with Crippen molar-refractivity contribution in [1.82, 2.24) is 5.32 Å². The van der Waals surface area contributed by atoms with E-state index in [9.17, 15) is 8.42 Å². The molecule has 3 N–H and O–H groups in total. The molecule has 0 aromatic heterocycles. The van der Waals surface area contributed by atoms with Crippen LogP contribution in [0.2, 0.25) is 0 Å². The predicted octanol–water partition coefficient (Wildman–Crippen LogP) is 0.423. The van der Waals surface area contributed by atoms with Crippen molar-refractivity contribution < 1.29 is 8.42 Å². The molecule has 1 aliphatic heterocycles. The first-order valence-corrected chi connectivity index (χ1v) is 7.94. The molecule has 2 fully saturated rings. The molecule has 0 spiro atoms. The first-order chi connectivity index (χ1) is 7.39. The van der Waals surface area contributed by atoms with E-state index in [-0.39, 0.29) is 17.3 Å². The van der Waals surface area contributed by atoms with E-state index in [1.54, 1.807) is 0 Å². The summed E-state index contributed by atoms with van der Waals surface area (Å²) < 4.78 is 23.0. The lowest BCUT2D eigenvalue weighted by Gasteiger charge is -2.34. The van der Waals surface area contributed by atoms with Crippen LogP contribution in [-0.4, -0.2) is 37.5 Å². The van der Waals surface area contributed by atoms with Crippen molar-refractivity contribution in [3.63, 3.8) is 0 Å². The maximum absolute atomic E-state index is 11.5. The van der Waals surface area contributed by atoms with Gasteiger partial charge in [0.15, 0.2) is 9.84 Å². The minimum Gasteiger partial charge on any atom is -0.328 e. The van der Waals surface area contributed by atoms with Crippen LogP contribution < -0.4 is 11.1 Å². The van der Waals surface area contributed by atoms with Crippen LogP contribution in [0, 0.1) is 0 Å². The minimum absolute atomic E-state index is 0.222. The molecule has 16 heavy (non-hydrogen) atoms. The number of hydrogen-bond donors (Lipinski definition) is 2.